The molecule has 8 aromatic rings. The van der Waals surface area contributed by atoms with E-state index >= 15 is 0 Å². The highest BCUT2D eigenvalue weighted by Gasteiger charge is 2.53. The smallest absolute Gasteiger partial charge is 0.278 e. The predicted molar refractivity (Wildman–Crippen MR) is 381 cm³/mol. The number of halogens is 10. The number of aromatic hydroxyl groups is 1. The van der Waals surface area contributed by atoms with Crippen molar-refractivity contribution in [3.05, 3.63) is 261 Å². The Balaban J connectivity index is 0.000000157. The molecule has 3 saturated heterocycles. The van der Waals surface area contributed by atoms with E-state index < -0.39 is 170 Å². The number of carbonyl (C=O) groups excluding carboxylic acids is 7. The standard InChI is InChI=1S/C28H26F4N4O4.C28H26F2N4O5.C21H20F4N4O4/c1-16-11-28(31,32)17(2)34-15-36(16)35-13-21(26(38)33-12-19-8-9-20(29)10-22(19)30)24(37)25(23(35)27(34)39)40-14-18-6-4-3-5-7-18;1-16-10-23(35)17(2)32-15-34(16)33-13-21(27(37)31-12-19-8-9-20(29)11-22(19)30)25(36)26(24(33)28(32)38)39-14-18-6-4-3-5-7-18;1-10-6-21(24,25)11(2)27-9-29(10)28-8-14(17(30)18(31)16(28)20(27)33)19(32)26-7-12-3-4-13(22)5-15(12)23/h3-10,13,16-17H,11-12,14-15H2,1-2H3,(H,33,38);3-9,11,13,16-17H,10,12,14-15H2,1-2H3,(H,31,37);3-5,8,10-11,31H,6-7,9H2,1-2H3,(H,26,32)/t2*16-,17-;10-,11-/m000/s1. The van der Waals surface area contributed by atoms with Crippen LogP contribution < -0.4 is 56.7 Å². The summed E-state index contributed by atoms with van der Waals surface area (Å²) in [5, 5.41) is 22.2. The van der Waals surface area contributed by atoms with Gasteiger partial charge in [0.05, 0.1) is 36.3 Å². The number of ketones is 1. The van der Waals surface area contributed by atoms with Crippen molar-refractivity contribution in [2.24, 2.45) is 0 Å². The lowest BCUT2D eigenvalue weighted by Crippen LogP contribution is -2.58. The number of aromatic nitrogens is 3. The van der Waals surface area contributed by atoms with E-state index in [2.05, 4.69) is 16.0 Å². The fourth-order valence-corrected chi connectivity index (χ4v) is 13.7. The Morgan fingerprint density at radius 3 is 1.15 bits per heavy atom. The first-order valence-corrected chi connectivity index (χ1v) is 35.1. The number of pyridine rings is 3. The van der Waals surface area contributed by atoms with Gasteiger partial charge in [-0.3, -0.25) is 77.0 Å². The molecular weight excluding hydrogens is 1490 g/mol. The van der Waals surface area contributed by atoms with E-state index in [-0.39, 0.29) is 110 Å². The van der Waals surface area contributed by atoms with E-state index in [0.717, 1.165) is 62.8 Å². The maximum Gasteiger partial charge on any atom is 0.278 e. The van der Waals surface area contributed by atoms with Gasteiger partial charge in [0.1, 0.15) is 84.8 Å². The van der Waals surface area contributed by atoms with Gasteiger partial charge in [0, 0.05) is 92.4 Å². The summed E-state index contributed by atoms with van der Waals surface area (Å²) in [6, 6.07) is 20.7. The highest BCUT2D eigenvalue weighted by molar-refractivity contribution is 6.03. The predicted octanol–water partition coefficient (Wildman–Crippen LogP) is 8.47. The van der Waals surface area contributed by atoms with Gasteiger partial charge in [0.15, 0.2) is 40.1 Å². The quantitative estimate of drug-likeness (QED) is 0.0700. The summed E-state index contributed by atoms with van der Waals surface area (Å²) in [6.07, 6.45) is 2.33. The third-order valence-corrected chi connectivity index (χ3v) is 20.4. The van der Waals surface area contributed by atoms with E-state index in [1.807, 2.05) is 13.0 Å². The molecule has 25 nitrogen and oxygen atoms in total. The molecule has 0 aliphatic carbocycles. The van der Waals surface area contributed by atoms with Gasteiger partial charge >= 0.3 is 0 Å². The lowest BCUT2D eigenvalue weighted by molar-refractivity contribution is -0.122. The van der Waals surface area contributed by atoms with E-state index in [1.54, 1.807) is 73.5 Å². The molecule has 5 aromatic carbocycles. The maximum absolute atomic E-state index is 15.0. The molecule has 6 aliphatic rings. The molecule has 35 heteroatoms. The van der Waals surface area contributed by atoms with Crippen molar-refractivity contribution >= 4 is 41.2 Å². The number of Topliss-reactive ketones (excluding diaryl/α,β-unsaturated/α-hetero) is 1. The van der Waals surface area contributed by atoms with Gasteiger partial charge < -0.3 is 45.2 Å². The summed E-state index contributed by atoms with van der Waals surface area (Å²) in [5.41, 5.74) is -3.80. The third-order valence-electron chi connectivity index (χ3n) is 20.4. The minimum absolute atomic E-state index is 0.0171. The second-order valence-corrected chi connectivity index (χ2v) is 27.7. The first-order chi connectivity index (χ1) is 53.0. The Morgan fingerprint density at radius 1 is 0.446 bits per heavy atom. The number of alkyl halides is 4. The molecule has 9 heterocycles. The molecule has 6 aliphatic heterocycles. The molecule has 112 heavy (non-hydrogen) atoms. The van der Waals surface area contributed by atoms with Crippen molar-refractivity contribution in [3.63, 3.8) is 0 Å². The number of hydrogen-bond acceptors (Lipinski definition) is 16. The Bertz CT molecular complexity index is 5290. The van der Waals surface area contributed by atoms with E-state index in [9.17, 15) is 97.0 Å². The summed E-state index contributed by atoms with van der Waals surface area (Å²) in [4.78, 5) is 135. The molecule has 0 saturated carbocycles. The lowest BCUT2D eigenvalue weighted by Gasteiger charge is -2.42. The molecule has 6 bridgehead atoms. The fraction of sp³-hybridized carbons (Fsp3) is 0.325. The van der Waals surface area contributed by atoms with Crippen molar-refractivity contribution < 1.29 is 92.0 Å². The number of carbonyl (C=O) groups is 7. The summed E-state index contributed by atoms with van der Waals surface area (Å²) in [7, 11) is 0. The number of ether oxygens (including phenoxy) is 2. The highest BCUT2D eigenvalue weighted by atomic mass is 19.3. The average molecular weight is 1560 g/mol. The third kappa shape index (κ3) is 15.6. The Labute approximate surface area is 630 Å². The number of fused-ring (bicyclic) bond motifs is 12. The van der Waals surface area contributed by atoms with E-state index in [1.165, 1.54) is 57.3 Å². The number of amides is 6. The van der Waals surface area contributed by atoms with Crippen LogP contribution in [0.3, 0.4) is 0 Å². The molecule has 0 unspecified atom stereocenters. The normalized spacial score (nSPS) is 19.8. The summed E-state index contributed by atoms with van der Waals surface area (Å²) in [6.45, 7) is 7.35. The Hall–Kier alpha value is -12.5. The highest BCUT2D eigenvalue weighted by Crippen LogP contribution is 2.40. The second kappa shape index (κ2) is 31.5. The van der Waals surface area contributed by atoms with Crippen LogP contribution in [-0.2, 0) is 37.6 Å². The number of nitrogens with one attached hydrogen (secondary N) is 3. The van der Waals surface area contributed by atoms with Gasteiger partial charge in [-0.15, -0.1) is 0 Å². The lowest BCUT2D eigenvalue weighted by atomic mass is 10.0. The van der Waals surface area contributed by atoms with E-state index in [4.69, 9.17) is 9.47 Å². The summed E-state index contributed by atoms with van der Waals surface area (Å²) in [5.74, 6) is -18.5. The van der Waals surface area contributed by atoms with Gasteiger partial charge in [-0.1, -0.05) is 78.9 Å². The van der Waals surface area contributed by atoms with Gasteiger partial charge in [-0.05, 0) is 70.9 Å². The van der Waals surface area contributed by atoms with Crippen molar-refractivity contribution in [3.8, 4) is 17.2 Å². The largest absolute Gasteiger partial charge is 0.502 e. The molecule has 6 atom stereocenters. The van der Waals surface area contributed by atoms with Crippen LogP contribution in [0.25, 0.3) is 0 Å². The fourth-order valence-electron chi connectivity index (χ4n) is 13.7. The first kappa shape index (κ1) is 79.1. The van der Waals surface area contributed by atoms with Crippen molar-refractivity contribution in [2.75, 3.05) is 35.0 Å². The monoisotopic (exact) mass is 1560 g/mol. The molecule has 6 amide bonds. The number of benzene rings is 5. The van der Waals surface area contributed by atoms with Crippen molar-refractivity contribution in [2.45, 2.75) is 142 Å². The molecule has 14 rings (SSSR count). The summed E-state index contributed by atoms with van der Waals surface area (Å²) < 4.78 is 156. The molecule has 588 valence electrons. The van der Waals surface area contributed by atoms with Crippen LogP contribution in [0.1, 0.15) is 151 Å². The zero-order valence-corrected chi connectivity index (χ0v) is 60.6. The van der Waals surface area contributed by atoms with E-state index in [0.29, 0.717) is 23.8 Å². The molecule has 4 N–H and O–H groups in total. The molecule has 3 fully saturated rings. The Kier molecular flexibility index (Phi) is 22.2. The SMILES string of the molecule is C[C@@H]1N2CN([C@@H](C)CC1(F)F)n1cc(C(=O)NCc3ccc(F)cc3F)c(=O)c(O)c1C2=O.C[C@@H]1N2CN([C@@H](C)CC1(F)F)n1cc(C(=O)NCc3ccc(F)cc3F)c(=O)c(OCc3ccccc3)c1C2=O.C[C@H]1C(=O)C[C@H](C)N2CN1C(=O)c1c(OCc3ccccc3)c(=O)c(C(=O)NCc3ccc(F)cc3F)cn12. The maximum atomic E-state index is 15.0. The minimum atomic E-state index is -3.22. The summed E-state index contributed by atoms with van der Waals surface area (Å²) >= 11 is 0. The number of nitrogens with zero attached hydrogens (tertiary/aromatic N) is 9. The van der Waals surface area contributed by atoms with Gasteiger partial charge in [0.25, 0.3) is 47.3 Å². The zero-order valence-electron chi connectivity index (χ0n) is 60.6. The van der Waals surface area contributed by atoms with Crippen LogP contribution in [0.2, 0.25) is 0 Å². The molecule has 3 aromatic heterocycles. The van der Waals surface area contributed by atoms with Crippen LogP contribution >= 0.6 is 0 Å². The Morgan fingerprint density at radius 2 is 0.777 bits per heavy atom. The zero-order chi connectivity index (χ0) is 80.9. The van der Waals surface area contributed by atoms with Crippen LogP contribution in [0.15, 0.2) is 148 Å². The molecule has 0 spiro atoms. The van der Waals surface area contributed by atoms with Gasteiger partial charge in [-0.2, -0.15) is 0 Å². The van der Waals surface area contributed by atoms with Gasteiger partial charge in [0.2, 0.25) is 16.3 Å². The second-order valence-electron chi connectivity index (χ2n) is 27.7. The van der Waals surface area contributed by atoms with Crippen LogP contribution in [0.4, 0.5) is 43.9 Å². The first-order valence-electron chi connectivity index (χ1n) is 35.1. The van der Waals surface area contributed by atoms with Crippen LogP contribution in [0, 0.1) is 34.9 Å². The van der Waals surface area contributed by atoms with Crippen molar-refractivity contribution in [1.82, 2.24) is 44.7 Å². The minimum Gasteiger partial charge on any atom is -0.502 e. The molecular formula is C77H72F10N12O13. The van der Waals surface area contributed by atoms with Crippen LogP contribution in [0.5, 0.6) is 17.2 Å². The van der Waals surface area contributed by atoms with Gasteiger partial charge in [-0.25, -0.2) is 43.9 Å². The van der Waals surface area contributed by atoms with Crippen molar-refractivity contribution in [1.29, 1.82) is 0 Å². The van der Waals surface area contributed by atoms with Crippen LogP contribution in [-0.4, -0.2) is 143 Å². The number of rotatable bonds is 15. The average Bonchev–Trinajstić information content (AvgIpc) is 1.44. The topological polar surface area (TPSA) is 280 Å². The molecule has 0 radical (unpaired) electrons. The number of hydrogen-bond donors (Lipinski definition) is 4.